The van der Waals surface area contributed by atoms with E-state index in [0.29, 0.717) is 0 Å². The summed E-state index contributed by atoms with van der Waals surface area (Å²) in [5.74, 6) is 0. The number of benzene rings is 6. The maximum Gasteiger partial charge on any atom is 0.135 e. The van der Waals surface area contributed by atoms with Crippen molar-refractivity contribution in [2.45, 2.75) is 83.1 Å². The molecule has 0 saturated carbocycles. The lowest BCUT2D eigenvalue weighted by Gasteiger charge is -1.95. The number of thiophene rings is 1. The Labute approximate surface area is 318 Å². The van der Waals surface area contributed by atoms with E-state index in [2.05, 4.69) is 121 Å². The fourth-order valence-corrected chi connectivity index (χ4v) is 6.57. The summed E-state index contributed by atoms with van der Waals surface area (Å²) >= 11 is 1.86. The maximum atomic E-state index is 5.65. The Kier molecular flexibility index (Phi) is 22.6. The largest absolute Gasteiger partial charge is 0.456 e. The van der Waals surface area contributed by atoms with Crippen molar-refractivity contribution in [3.05, 3.63) is 146 Å². The van der Waals surface area contributed by atoms with Gasteiger partial charge < -0.3 is 8.98 Å². The van der Waals surface area contributed by atoms with E-state index in [1.165, 1.54) is 52.8 Å². The number of para-hydroxylation sites is 4. The topological polar surface area (TPSA) is 18.1 Å². The Morgan fingerprint density at radius 2 is 0.596 bits per heavy atom. The van der Waals surface area contributed by atoms with Crippen molar-refractivity contribution in [1.29, 1.82) is 0 Å². The molecule has 276 valence electrons. The fraction of sp³-hybridized carbons (Fsp3) is 0.265. The average molecular weight is 714 g/mol. The third kappa shape index (κ3) is 11.1. The Hall–Kier alpha value is -4.86. The van der Waals surface area contributed by atoms with Crippen molar-refractivity contribution in [3.8, 4) is 0 Å². The molecule has 9 aromatic rings. The zero-order valence-electron chi connectivity index (χ0n) is 34.1. The molecule has 0 N–H and O–H groups in total. The number of rotatable bonds is 0. The van der Waals surface area contributed by atoms with Gasteiger partial charge in [0.25, 0.3) is 0 Å². The lowest BCUT2D eigenvalue weighted by Crippen LogP contribution is -1.84. The van der Waals surface area contributed by atoms with E-state index in [4.69, 9.17) is 4.42 Å². The summed E-state index contributed by atoms with van der Waals surface area (Å²) in [7, 11) is 2.12. The predicted octanol–water partition coefficient (Wildman–Crippen LogP) is 17.1. The number of hydrogen-bond donors (Lipinski definition) is 0. The molecule has 0 saturated heterocycles. The second-order valence-corrected chi connectivity index (χ2v) is 10.9. The van der Waals surface area contributed by atoms with Gasteiger partial charge in [0.05, 0.1) is 0 Å². The third-order valence-corrected chi connectivity index (χ3v) is 8.54. The van der Waals surface area contributed by atoms with Gasteiger partial charge in [-0.25, -0.2) is 0 Å². The summed E-state index contributed by atoms with van der Waals surface area (Å²) in [6.45, 7) is 24.0. The first-order chi connectivity index (χ1) is 25.8. The molecule has 0 aliphatic heterocycles. The van der Waals surface area contributed by atoms with Crippen LogP contribution in [-0.2, 0) is 7.05 Å². The maximum absolute atomic E-state index is 5.65. The molecule has 0 aliphatic rings. The molecule has 6 aromatic carbocycles. The van der Waals surface area contributed by atoms with Crippen LogP contribution in [0, 0.1) is 0 Å². The molecule has 0 spiro atoms. The van der Waals surface area contributed by atoms with Crippen LogP contribution in [-0.4, -0.2) is 4.57 Å². The number of nitrogens with zero attached hydrogens (tertiary/aromatic N) is 1. The normalized spacial score (nSPS) is 9.25. The van der Waals surface area contributed by atoms with Gasteiger partial charge in [-0.3, -0.25) is 0 Å². The van der Waals surface area contributed by atoms with Gasteiger partial charge in [-0.15, -0.1) is 11.3 Å². The molecule has 0 bridgehead atoms. The first-order valence-corrected chi connectivity index (χ1v) is 20.2. The van der Waals surface area contributed by atoms with E-state index >= 15 is 0 Å². The molecule has 0 atom stereocenters. The van der Waals surface area contributed by atoms with Gasteiger partial charge in [0.2, 0.25) is 0 Å². The molecule has 0 radical (unpaired) electrons. The summed E-state index contributed by atoms with van der Waals surface area (Å²) in [5, 5.41) is 7.82. The van der Waals surface area contributed by atoms with E-state index in [9.17, 15) is 0 Å². The number of aryl methyl sites for hydroxylation is 1. The van der Waals surface area contributed by atoms with Gasteiger partial charge in [0.15, 0.2) is 0 Å². The predicted molar refractivity (Wildman–Crippen MR) is 242 cm³/mol. The van der Waals surface area contributed by atoms with Crippen LogP contribution in [0.25, 0.3) is 63.9 Å². The Bertz CT molecular complexity index is 1990. The summed E-state index contributed by atoms with van der Waals surface area (Å²) in [5.41, 5.74) is 4.52. The molecule has 3 aromatic heterocycles. The zero-order chi connectivity index (χ0) is 38.9. The van der Waals surface area contributed by atoms with Crippen LogP contribution < -0.4 is 0 Å². The van der Waals surface area contributed by atoms with Crippen molar-refractivity contribution in [3.63, 3.8) is 0 Å². The van der Waals surface area contributed by atoms with Crippen LogP contribution in [0.5, 0.6) is 0 Å². The lowest BCUT2D eigenvalue weighted by molar-refractivity contribution is 0.669. The number of furan rings is 1. The minimum Gasteiger partial charge on any atom is -0.456 e. The molecule has 3 heterocycles. The van der Waals surface area contributed by atoms with Crippen molar-refractivity contribution < 1.29 is 4.42 Å². The van der Waals surface area contributed by atoms with E-state index in [-0.39, 0.29) is 0 Å². The first-order valence-electron chi connectivity index (χ1n) is 19.4. The second-order valence-electron chi connectivity index (χ2n) is 9.78. The summed E-state index contributed by atoms with van der Waals surface area (Å²) in [6, 6.07) is 50.4. The van der Waals surface area contributed by atoms with Gasteiger partial charge in [0.1, 0.15) is 11.2 Å². The van der Waals surface area contributed by atoms with Gasteiger partial charge in [0, 0.05) is 59.8 Å². The quantitative estimate of drug-likeness (QED) is 0.153. The second kappa shape index (κ2) is 26.0. The van der Waals surface area contributed by atoms with Gasteiger partial charge >= 0.3 is 0 Å². The number of hydrogen-bond acceptors (Lipinski definition) is 2. The summed E-state index contributed by atoms with van der Waals surface area (Å²) in [6.07, 6.45) is 0. The van der Waals surface area contributed by atoms with Crippen molar-refractivity contribution in [2.75, 3.05) is 0 Å². The van der Waals surface area contributed by atoms with E-state index in [0.717, 1.165) is 11.2 Å². The van der Waals surface area contributed by atoms with Crippen molar-refractivity contribution in [2.24, 2.45) is 7.05 Å². The molecule has 9 rings (SSSR count). The fourth-order valence-electron chi connectivity index (χ4n) is 5.47. The van der Waals surface area contributed by atoms with Crippen LogP contribution >= 0.6 is 11.3 Å². The highest BCUT2D eigenvalue weighted by Crippen LogP contribution is 2.33. The van der Waals surface area contributed by atoms with E-state index < -0.39 is 0 Å². The summed E-state index contributed by atoms with van der Waals surface area (Å²) < 4.78 is 10.6. The van der Waals surface area contributed by atoms with Crippen LogP contribution in [0.2, 0.25) is 0 Å². The molecular formula is C49H63NOS. The molecule has 0 fully saturated rings. The lowest BCUT2D eigenvalue weighted by atomic mass is 10.2. The Morgan fingerprint density at radius 3 is 0.962 bits per heavy atom. The molecular weight excluding hydrogens is 651 g/mol. The molecule has 0 unspecified atom stereocenters. The minimum absolute atomic E-state index is 0.962. The average Bonchev–Trinajstić information content (AvgIpc) is 3.93. The molecule has 2 nitrogen and oxygen atoms in total. The first kappa shape index (κ1) is 45.2. The van der Waals surface area contributed by atoms with Crippen LogP contribution in [0.1, 0.15) is 83.1 Å². The number of fused-ring (bicyclic) bond motifs is 9. The highest BCUT2D eigenvalue weighted by atomic mass is 32.1. The van der Waals surface area contributed by atoms with Gasteiger partial charge in [-0.2, -0.15) is 0 Å². The third-order valence-electron chi connectivity index (χ3n) is 7.39. The highest BCUT2D eigenvalue weighted by Gasteiger charge is 2.05. The van der Waals surface area contributed by atoms with Crippen molar-refractivity contribution >= 4 is 75.3 Å². The highest BCUT2D eigenvalue weighted by molar-refractivity contribution is 7.25. The Morgan fingerprint density at radius 1 is 0.327 bits per heavy atom. The Balaban J connectivity index is 0.000000341. The monoisotopic (exact) mass is 713 g/mol. The van der Waals surface area contributed by atoms with Crippen LogP contribution in [0.4, 0.5) is 0 Å². The van der Waals surface area contributed by atoms with Crippen LogP contribution in [0.3, 0.4) is 0 Å². The standard InChI is InChI=1S/C13H11N.C12H8O.C12H8S.6C2H6/c1-14-12-8-4-2-6-10(12)11-7-3-5-9-13(11)14;2*1-3-7-11-9(5-1)10-6-2-4-8-12(10)13-11;6*1-2/h2-9H,1H3;2*1-8H;6*1-2H3. The minimum atomic E-state index is 0.962. The van der Waals surface area contributed by atoms with Crippen molar-refractivity contribution in [1.82, 2.24) is 4.57 Å². The molecule has 52 heavy (non-hydrogen) atoms. The SMILES string of the molecule is CC.CC.CC.CC.CC.CC.Cn1c2ccccc2c2ccccc21.c1ccc2c(c1)oc1ccccc12.c1ccc2c(c1)sc1ccccc12. The number of aromatic nitrogens is 1. The van der Waals surface area contributed by atoms with E-state index in [1.54, 1.807) is 0 Å². The summed E-state index contributed by atoms with van der Waals surface area (Å²) in [4.78, 5) is 0. The van der Waals surface area contributed by atoms with Crippen LogP contribution in [0.15, 0.2) is 150 Å². The van der Waals surface area contributed by atoms with E-state index in [1.807, 2.05) is 131 Å². The smallest absolute Gasteiger partial charge is 0.135 e. The van der Waals surface area contributed by atoms with Gasteiger partial charge in [-0.1, -0.05) is 192 Å². The molecule has 0 aliphatic carbocycles. The molecule has 0 amide bonds. The molecule has 3 heteroatoms. The van der Waals surface area contributed by atoms with Gasteiger partial charge in [-0.05, 0) is 36.4 Å². The zero-order valence-corrected chi connectivity index (χ0v) is 34.9.